The van der Waals surface area contributed by atoms with E-state index in [1.807, 2.05) is 25.1 Å². The van der Waals surface area contributed by atoms with Gasteiger partial charge in [-0.1, -0.05) is 6.07 Å². The van der Waals surface area contributed by atoms with Gasteiger partial charge in [-0.3, -0.25) is 4.79 Å². The number of hydrogen-bond acceptors (Lipinski definition) is 6. The SMILES string of the molecule is COc1ccc(/C=C/C(=O)N2CCCC(Oc3ccnc(C)n3)C2)cc1OC. The number of amides is 1. The number of ether oxygens (including phenoxy) is 3. The highest BCUT2D eigenvalue weighted by Gasteiger charge is 2.24. The van der Waals surface area contributed by atoms with Crippen LogP contribution in [0.25, 0.3) is 6.08 Å². The average molecular weight is 383 g/mol. The molecule has 0 saturated carbocycles. The van der Waals surface area contributed by atoms with Crippen LogP contribution in [0.4, 0.5) is 0 Å². The van der Waals surface area contributed by atoms with Crippen molar-refractivity contribution >= 4 is 12.0 Å². The van der Waals surface area contributed by atoms with Crippen molar-refractivity contribution < 1.29 is 19.0 Å². The number of nitrogens with zero attached hydrogens (tertiary/aromatic N) is 3. The molecule has 1 aromatic carbocycles. The maximum absolute atomic E-state index is 12.6. The fourth-order valence-electron chi connectivity index (χ4n) is 3.13. The minimum absolute atomic E-state index is 0.0399. The molecule has 1 aliphatic heterocycles. The molecule has 7 heteroatoms. The van der Waals surface area contributed by atoms with Gasteiger partial charge in [0.2, 0.25) is 11.8 Å². The van der Waals surface area contributed by atoms with E-state index >= 15 is 0 Å². The molecule has 2 aromatic rings. The second-order valence-corrected chi connectivity index (χ2v) is 6.56. The third-order valence-electron chi connectivity index (χ3n) is 4.55. The minimum atomic E-state index is -0.0681. The number of rotatable bonds is 6. The van der Waals surface area contributed by atoms with Gasteiger partial charge in [0.05, 0.1) is 20.8 Å². The van der Waals surface area contributed by atoms with Gasteiger partial charge < -0.3 is 19.1 Å². The quantitative estimate of drug-likeness (QED) is 0.714. The van der Waals surface area contributed by atoms with Crippen LogP contribution in [0.3, 0.4) is 0 Å². The largest absolute Gasteiger partial charge is 0.493 e. The maximum atomic E-state index is 12.6. The first kappa shape index (κ1) is 19.7. The van der Waals surface area contributed by atoms with E-state index in [4.69, 9.17) is 14.2 Å². The summed E-state index contributed by atoms with van der Waals surface area (Å²) in [5, 5.41) is 0. The summed E-state index contributed by atoms with van der Waals surface area (Å²) in [6.45, 7) is 3.08. The van der Waals surface area contributed by atoms with Crippen molar-refractivity contribution in [3.63, 3.8) is 0 Å². The Balaban J connectivity index is 1.61. The van der Waals surface area contributed by atoms with Gasteiger partial charge in [0.25, 0.3) is 0 Å². The fraction of sp³-hybridized carbons (Fsp3) is 0.381. The van der Waals surface area contributed by atoms with Crippen LogP contribution in [0, 0.1) is 6.92 Å². The highest BCUT2D eigenvalue weighted by molar-refractivity contribution is 5.92. The Labute approximate surface area is 165 Å². The van der Waals surface area contributed by atoms with Crippen molar-refractivity contribution in [2.24, 2.45) is 0 Å². The molecule has 1 saturated heterocycles. The number of aryl methyl sites for hydroxylation is 1. The van der Waals surface area contributed by atoms with Crippen molar-refractivity contribution in [2.75, 3.05) is 27.3 Å². The lowest BCUT2D eigenvalue weighted by Gasteiger charge is -2.32. The first-order valence-corrected chi connectivity index (χ1v) is 9.24. The number of hydrogen-bond donors (Lipinski definition) is 0. The van der Waals surface area contributed by atoms with Gasteiger partial charge in [-0.25, -0.2) is 4.98 Å². The van der Waals surface area contributed by atoms with E-state index in [0.717, 1.165) is 24.9 Å². The Bertz CT molecular complexity index is 853. The number of aromatic nitrogens is 2. The van der Waals surface area contributed by atoms with Crippen LogP contribution in [0.5, 0.6) is 17.4 Å². The fourth-order valence-corrected chi connectivity index (χ4v) is 3.13. The van der Waals surface area contributed by atoms with E-state index in [1.165, 1.54) is 0 Å². The van der Waals surface area contributed by atoms with Gasteiger partial charge in [0.1, 0.15) is 11.9 Å². The predicted octanol–water partition coefficient (Wildman–Crippen LogP) is 2.89. The van der Waals surface area contributed by atoms with Gasteiger partial charge in [-0.2, -0.15) is 4.98 Å². The van der Waals surface area contributed by atoms with E-state index in [0.29, 0.717) is 29.7 Å². The molecular weight excluding hydrogens is 358 g/mol. The molecule has 0 bridgehead atoms. The van der Waals surface area contributed by atoms with E-state index in [-0.39, 0.29) is 12.0 Å². The molecular formula is C21H25N3O4. The highest BCUT2D eigenvalue weighted by atomic mass is 16.5. The second-order valence-electron chi connectivity index (χ2n) is 6.56. The molecule has 1 fully saturated rings. The molecule has 1 unspecified atom stereocenters. The van der Waals surface area contributed by atoms with Crippen molar-refractivity contribution in [3.8, 4) is 17.4 Å². The normalized spacial score (nSPS) is 16.8. The van der Waals surface area contributed by atoms with Gasteiger partial charge >= 0.3 is 0 Å². The molecule has 2 heterocycles. The van der Waals surface area contributed by atoms with E-state index < -0.39 is 0 Å². The molecule has 1 aromatic heterocycles. The smallest absolute Gasteiger partial charge is 0.246 e. The summed E-state index contributed by atoms with van der Waals surface area (Å²) in [5.41, 5.74) is 0.868. The van der Waals surface area contributed by atoms with Crippen molar-refractivity contribution in [2.45, 2.75) is 25.9 Å². The van der Waals surface area contributed by atoms with Crippen LogP contribution >= 0.6 is 0 Å². The Morgan fingerprint density at radius 2 is 2.04 bits per heavy atom. The van der Waals surface area contributed by atoms with Crippen LogP contribution < -0.4 is 14.2 Å². The van der Waals surface area contributed by atoms with Crippen LogP contribution in [-0.2, 0) is 4.79 Å². The van der Waals surface area contributed by atoms with Crippen LogP contribution in [0.15, 0.2) is 36.5 Å². The summed E-state index contributed by atoms with van der Waals surface area (Å²) in [6, 6.07) is 7.27. The Kier molecular flexibility index (Phi) is 6.47. The first-order valence-electron chi connectivity index (χ1n) is 9.24. The lowest BCUT2D eigenvalue weighted by molar-refractivity contribution is -0.128. The molecule has 1 aliphatic rings. The van der Waals surface area contributed by atoms with E-state index in [2.05, 4.69) is 9.97 Å². The Hall–Kier alpha value is -3.09. The molecule has 1 atom stereocenters. The Morgan fingerprint density at radius 1 is 1.21 bits per heavy atom. The van der Waals surface area contributed by atoms with Gasteiger partial charge in [-0.05, 0) is 43.5 Å². The summed E-state index contributed by atoms with van der Waals surface area (Å²) in [4.78, 5) is 22.7. The molecule has 0 aliphatic carbocycles. The summed E-state index contributed by atoms with van der Waals surface area (Å²) in [5.74, 6) is 2.46. The molecule has 7 nitrogen and oxygen atoms in total. The molecule has 28 heavy (non-hydrogen) atoms. The van der Waals surface area contributed by atoms with Crippen molar-refractivity contribution in [3.05, 3.63) is 47.9 Å². The third-order valence-corrected chi connectivity index (χ3v) is 4.55. The van der Waals surface area contributed by atoms with Crippen molar-refractivity contribution in [1.29, 1.82) is 0 Å². The molecule has 148 valence electrons. The Morgan fingerprint density at radius 3 is 2.79 bits per heavy atom. The van der Waals surface area contributed by atoms with E-state index in [1.54, 1.807) is 43.5 Å². The summed E-state index contributed by atoms with van der Waals surface area (Å²) in [7, 11) is 3.18. The van der Waals surface area contributed by atoms with Crippen LogP contribution in [0.1, 0.15) is 24.2 Å². The zero-order chi connectivity index (χ0) is 19.9. The maximum Gasteiger partial charge on any atom is 0.246 e. The summed E-state index contributed by atoms with van der Waals surface area (Å²) in [6.07, 6.45) is 6.76. The number of carbonyl (C=O) groups excluding carboxylic acids is 1. The highest BCUT2D eigenvalue weighted by Crippen LogP contribution is 2.28. The molecule has 1 amide bonds. The predicted molar refractivity (Wildman–Crippen MR) is 106 cm³/mol. The zero-order valence-electron chi connectivity index (χ0n) is 16.4. The molecule has 0 spiro atoms. The number of methoxy groups -OCH3 is 2. The van der Waals surface area contributed by atoms with Gasteiger partial charge in [-0.15, -0.1) is 0 Å². The number of benzene rings is 1. The standard InChI is InChI=1S/C21H25N3O4/c1-15-22-11-10-20(23-15)28-17-5-4-12-24(14-17)21(25)9-7-16-6-8-18(26-2)19(13-16)27-3/h6-11,13,17H,4-5,12,14H2,1-3H3/b9-7+. The van der Waals surface area contributed by atoms with Crippen molar-refractivity contribution in [1.82, 2.24) is 14.9 Å². The average Bonchev–Trinajstić information content (AvgIpc) is 2.72. The number of likely N-dealkylation sites (tertiary alicyclic amines) is 1. The summed E-state index contributed by atoms with van der Waals surface area (Å²) < 4.78 is 16.5. The second kappa shape index (κ2) is 9.21. The minimum Gasteiger partial charge on any atom is -0.493 e. The topological polar surface area (TPSA) is 73.8 Å². The zero-order valence-corrected chi connectivity index (χ0v) is 16.4. The van der Waals surface area contributed by atoms with Crippen LogP contribution in [0.2, 0.25) is 0 Å². The monoisotopic (exact) mass is 383 g/mol. The lowest BCUT2D eigenvalue weighted by atomic mass is 10.1. The number of piperidine rings is 1. The lowest BCUT2D eigenvalue weighted by Crippen LogP contribution is -2.43. The van der Waals surface area contributed by atoms with Gasteiger partial charge in [0.15, 0.2) is 11.5 Å². The first-order chi connectivity index (χ1) is 13.6. The third kappa shape index (κ3) is 5.00. The number of carbonyl (C=O) groups is 1. The van der Waals surface area contributed by atoms with Crippen LogP contribution in [-0.4, -0.2) is 54.2 Å². The molecule has 3 rings (SSSR count). The molecule has 0 radical (unpaired) electrons. The van der Waals surface area contributed by atoms with Gasteiger partial charge in [0, 0.05) is 24.9 Å². The molecule has 0 N–H and O–H groups in total. The summed E-state index contributed by atoms with van der Waals surface area (Å²) >= 11 is 0. The van der Waals surface area contributed by atoms with E-state index in [9.17, 15) is 4.79 Å².